The van der Waals surface area contributed by atoms with Gasteiger partial charge in [-0.05, 0) is 125 Å². The van der Waals surface area contributed by atoms with Gasteiger partial charge >= 0.3 is 0 Å². The van der Waals surface area contributed by atoms with Gasteiger partial charge < -0.3 is 44.5 Å². The van der Waals surface area contributed by atoms with Gasteiger partial charge in [0.25, 0.3) is 5.91 Å². The van der Waals surface area contributed by atoms with Crippen LogP contribution >= 0.6 is 0 Å². The van der Waals surface area contributed by atoms with Crippen molar-refractivity contribution in [2.24, 2.45) is 11.8 Å². The van der Waals surface area contributed by atoms with E-state index in [1.165, 1.54) is 11.1 Å². The molecule has 294 valence electrons. The molecule has 2 heterocycles. The second-order valence-electron chi connectivity index (χ2n) is 14.5. The lowest BCUT2D eigenvalue weighted by Crippen LogP contribution is -2.37. The highest BCUT2D eigenvalue weighted by atomic mass is 16.5. The molecule has 2 aliphatic rings. The molecule has 0 bridgehead atoms. The molecule has 2 amide bonds. The summed E-state index contributed by atoms with van der Waals surface area (Å²) >= 11 is 0. The molecule has 0 radical (unpaired) electrons. The van der Waals surface area contributed by atoms with Crippen LogP contribution in [0.25, 0.3) is 0 Å². The van der Waals surface area contributed by atoms with E-state index in [0.29, 0.717) is 42.5 Å². The van der Waals surface area contributed by atoms with Crippen LogP contribution in [0.1, 0.15) is 71.7 Å². The maximum Gasteiger partial charge on any atom is 0.251 e. The fourth-order valence-corrected chi connectivity index (χ4v) is 7.87. The highest BCUT2D eigenvalue weighted by Gasteiger charge is 2.29. The molecule has 3 N–H and O–H groups in total. The van der Waals surface area contributed by atoms with Crippen LogP contribution in [0.3, 0.4) is 0 Å². The summed E-state index contributed by atoms with van der Waals surface area (Å²) < 4.78 is 22.0. The number of aliphatic hydroxyl groups is 1. The van der Waals surface area contributed by atoms with Gasteiger partial charge in [-0.15, -0.1) is 0 Å². The third-order valence-electron chi connectivity index (χ3n) is 11.1. The van der Waals surface area contributed by atoms with Crippen molar-refractivity contribution < 1.29 is 33.6 Å². The first kappa shape index (κ1) is 40.9. The predicted molar refractivity (Wildman–Crippen MR) is 211 cm³/mol. The molecule has 0 aromatic heterocycles. The smallest absolute Gasteiger partial charge is 0.251 e. The van der Waals surface area contributed by atoms with Crippen molar-refractivity contribution in [3.63, 3.8) is 0 Å². The molecule has 1 unspecified atom stereocenters. The number of amides is 2. The number of piperidine rings is 2. The Labute approximate surface area is 321 Å². The van der Waals surface area contributed by atoms with Crippen molar-refractivity contribution in [3.8, 4) is 23.0 Å². The molecule has 3 aromatic carbocycles. The number of ether oxygens (including phenoxy) is 4. The maximum atomic E-state index is 12.7. The fourth-order valence-electron chi connectivity index (χ4n) is 7.87. The van der Waals surface area contributed by atoms with Crippen LogP contribution in [0.4, 0.5) is 0 Å². The maximum absolute atomic E-state index is 12.7. The van der Waals surface area contributed by atoms with E-state index in [0.717, 1.165) is 101 Å². The largest absolute Gasteiger partial charge is 0.493 e. The molecular formula is C43H60N4O7. The number of carbonyl (C=O) groups is 2. The first-order chi connectivity index (χ1) is 26.3. The molecule has 54 heavy (non-hydrogen) atoms. The van der Waals surface area contributed by atoms with Crippen molar-refractivity contribution in [2.75, 3.05) is 80.8 Å². The lowest BCUT2D eigenvalue weighted by atomic mass is 9.87. The number of benzene rings is 3. The Balaban J connectivity index is 0.911. The molecule has 2 aliphatic heterocycles. The molecule has 5 rings (SSSR count). The van der Waals surface area contributed by atoms with E-state index >= 15 is 0 Å². The summed E-state index contributed by atoms with van der Waals surface area (Å²) in [5.41, 5.74) is 3.77. The minimum absolute atomic E-state index is 0.0195. The average molecular weight is 745 g/mol. The first-order valence-corrected chi connectivity index (χ1v) is 19.5. The fraction of sp³-hybridized carbons (Fsp3) is 0.535. The average Bonchev–Trinajstić information content (AvgIpc) is 3.21. The van der Waals surface area contributed by atoms with Gasteiger partial charge in [0.2, 0.25) is 5.91 Å². The lowest BCUT2D eigenvalue weighted by Gasteiger charge is -2.34. The Kier molecular flexibility index (Phi) is 15.9. The number of hydrogen-bond acceptors (Lipinski definition) is 9. The normalized spacial score (nSPS) is 16.4. The number of para-hydroxylation sites is 2. The van der Waals surface area contributed by atoms with E-state index in [4.69, 9.17) is 18.9 Å². The number of hydrogen-bond donors (Lipinski definition) is 3. The minimum Gasteiger partial charge on any atom is -0.493 e. The van der Waals surface area contributed by atoms with Crippen LogP contribution < -0.4 is 29.6 Å². The molecule has 11 heteroatoms. The molecule has 1 atom stereocenters. The summed E-state index contributed by atoms with van der Waals surface area (Å²) in [7, 11) is 6.58. The summed E-state index contributed by atoms with van der Waals surface area (Å²) in [6, 6.07) is 19.5. The minimum atomic E-state index is -0.597. The third-order valence-corrected chi connectivity index (χ3v) is 11.1. The van der Waals surface area contributed by atoms with E-state index in [1.54, 1.807) is 28.4 Å². The Morgan fingerprint density at radius 3 is 2.02 bits per heavy atom. The first-order valence-electron chi connectivity index (χ1n) is 19.5. The third kappa shape index (κ3) is 11.3. The van der Waals surface area contributed by atoms with E-state index < -0.39 is 6.10 Å². The lowest BCUT2D eigenvalue weighted by molar-refractivity contribution is -0.121. The van der Waals surface area contributed by atoms with Crippen molar-refractivity contribution in [1.82, 2.24) is 20.4 Å². The summed E-state index contributed by atoms with van der Waals surface area (Å²) in [4.78, 5) is 30.1. The summed E-state index contributed by atoms with van der Waals surface area (Å²) in [6.07, 6.45) is 6.65. The number of aliphatic hydroxyl groups excluding tert-OH is 1. The number of rotatable bonds is 19. The quantitative estimate of drug-likeness (QED) is 0.141. The van der Waals surface area contributed by atoms with Gasteiger partial charge in [0, 0.05) is 37.2 Å². The Morgan fingerprint density at radius 2 is 1.35 bits per heavy atom. The van der Waals surface area contributed by atoms with E-state index in [-0.39, 0.29) is 17.7 Å². The highest BCUT2D eigenvalue weighted by Crippen LogP contribution is 2.40. The zero-order valence-corrected chi connectivity index (χ0v) is 32.6. The molecule has 2 saturated heterocycles. The van der Waals surface area contributed by atoms with Gasteiger partial charge in [0.1, 0.15) is 0 Å². The van der Waals surface area contributed by atoms with Gasteiger partial charge in [0.05, 0.1) is 34.5 Å². The molecule has 11 nitrogen and oxygen atoms in total. The molecule has 0 saturated carbocycles. The zero-order chi connectivity index (χ0) is 38.3. The molecular weight excluding hydrogens is 684 g/mol. The number of nitrogens with zero attached hydrogens (tertiary/aromatic N) is 2. The monoisotopic (exact) mass is 744 g/mol. The number of carbonyl (C=O) groups excluding carboxylic acids is 2. The van der Waals surface area contributed by atoms with Gasteiger partial charge in [-0.2, -0.15) is 0 Å². The van der Waals surface area contributed by atoms with Gasteiger partial charge in [0.15, 0.2) is 23.0 Å². The van der Waals surface area contributed by atoms with Gasteiger partial charge in [-0.1, -0.05) is 36.4 Å². The number of likely N-dealkylation sites (tertiary alicyclic amines) is 2. The van der Waals surface area contributed by atoms with E-state index in [1.807, 2.05) is 54.6 Å². The number of methoxy groups -OCH3 is 4. The Hall–Kier alpha value is -4.32. The van der Waals surface area contributed by atoms with Crippen LogP contribution in [-0.2, 0) is 17.6 Å². The van der Waals surface area contributed by atoms with Crippen molar-refractivity contribution in [3.05, 3.63) is 82.9 Å². The zero-order valence-electron chi connectivity index (χ0n) is 32.6. The number of nitrogens with one attached hydrogen (secondary N) is 2. The summed E-state index contributed by atoms with van der Waals surface area (Å²) in [5, 5.41) is 17.0. The van der Waals surface area contributed by atoms with Crippen LogP contribution in [0, 0.1) is 11.8 Å². The van der Waals surface area contributed by atoms with Crippen molar-refractivity contribution in [2.45, 2.75) is 57.5 Å². The van der Waals surface area contributed by atoms with Crippen molar-refractivity contribution in [1.29, 1.82) is 0 Å². The molecule has 0 spiro atoms. The van der Waals surface area contributed by atoms with Crippen LogP contribution in [0.15, 0.2) is 60.7 Å². The topological polar surface area (TPSA) is 122 Å². The van der Waals surface area contributed by atoms with Crippen molar-refractivity contribution >= 4 is 11.8 Å². The van der Waals surface area contributed by atoms with E-state index in [2.05, 4.69) is 26.5 Å². The predicted octanol–water partition coefficient (Wildman–Crippen LogP) is 5.29. The summed E-state index contributed by atoms with van der Waals surface area (Å²) in [6.45, 7) is 6.56. The molecule has 3 aromatic rings. The second-order valence-corrected chi connectivity index (χ2v) is 14.5. The highest BCUT2D eigenvalue weighted by molar-refractivity contribution is 5.94. The molecule has 2 fully saturated rings. The van der Waals surface area contributed by atoms with Crippen LogP contribution in [0.5, 0.6) is 23.0 Å². The second kappa shape index (κ2) is 21.0. The Morgan fingerprint density at radius 1 is 0.741 bits per heavy atom. The van der Waals surface area contributed by atoms with Crippen LogP contribution in [0.2, 0.25) is 0 Å². The summed E-state index contributed by atoms with van der Waals surface area (Å²) in [5.74, 6) is 3.50. The molecule has 0 aliphatic carbocycles. The van der Waals surface area contributed by atoms with Gasteiger partial charge in [-0.3, -0.25) is 9.59 Å². The SMILES string of the molecule is COc1cccc(CC2CCN(CCCC(=O)NCCNC(=O)c3ccc(CCN4CCC(C(O)c5cccc(OC)c5OC)CC4)cc3)CC2)c1OC. The standard InChI is InChI=1S/C43H60N4O7/c1-51-37-10-5-8-35(41(37)53-3)30-32-18-26-46(27-19-32)24-7-12-39(48)44-22-23-45-43(50)34-15-13-31(14-16-34)17-25-47-28-20-33(21-29-47)40(49)36-9-6-11-38(52-2)42(36)54-4/h5-6,8-11,13-16,32-33,40,49H,7,12,17-30H2,1-4H3,(H,44,48)(H,45,50). The Bertz CT molecular complexity index is 1620. The van der Waals surface area contributed by atoms with E-state index in [9.17, 15) is 14.7 Å². The van der Waals surface area contributed by atoms with Crippen LogP contribution in [-0.4, -0.2) is 108 Å². The van der Waals surface area contributed by atoms with Gasteiger partial charge in [-0.25, -0.2) is 0 Å².